The Kier molecular flexibility index (Phi) is 7.78. The molecule has 0 spiro atoms. The molecular formula is C25H34N4O3S. The average Bonchev–Trinajstić information content (AvgIpc) is 2.85. The topological polar surface area (TPSA) is 82.6 Å². The van der Waals surface area contributed by atoms with Gasteiger partial charge in [0.2, 0.25) is 15.9 Å². The van der Waals surface area contributed by atoms with Gasteiger partial charge in [-0.3, -0.25) is 14.7 Å². The minimum Gasteiger partial charge on any atom is -0.352 e. The van der Waals surface area contributed by atoms with Crippen LogP contribution >= 0.6 is 0 Å². The third-order valence-electron chi connectivity index (χ3n) is 6.94. The zero-order valence-electron chi connectivity index (χ0n) is 19.3. The second-order valence-electron chi connectivity index (χ2n) is 9.31. The van der Waals surface area contributed by atoms with Gasteiger partial charge in [-0.15, -0.1) is 0 Å². The fourth-order valence-corrected chi connectivity index (χ4v) is 6.11. The highest BCUT2D eigenvalue weighted by molar-refractivity contribution is 7.89. The van der Waals surface area contributed by atoms with Gasteiger partial charge in [-0.1, -0.05) is 31.2 Å². The Balaban J connectivity index is 1.29. The van der Waals surface area contributed by atoms with Gasteiger partial charge in [-0.05, 0) is 68.0 Å². The van der Waals surface area contributed by atoms with Crippen LogP contribution in [0.4, 0.5) is 0 Å². The van der Waals surface area contributed by atoms with Gasteiger partial charge < -0.3 is 5.32 Å². The molecule has 0 bridgehead atoms. The lowest BCUT2D eigenvalue weighted by atomic mass is 9.96. The fourth-order valence-electron chi connectivity index (χ4n) is 4.68. The van der Waals surface area contributed by atoms with E-state index in [1.54, 1.807) is 18.3 Å². The molecule has 4 rings (SSSR count). The molecule has 33 heavy (non-hydrogen) atoms. The summed E-state index contributed by atoms with van der Waals surface area (Å²) in [5, 5.41) is 3.10. The summed E-state index contributed by atoms with van der Waals surface area (Å²) in [6.45, 7) is 6.69. The summed E-state index contributed by atoms with van der Waals surface area (Å²) < 4.78 is 27.0. The third kappa shape index (κ3) is 5.99. The molecule has 2 saturated heterocycles. The van der Waals surface area contributed by atoms with Crippen molar-refractivity contribution in [2.75, 3.05) is 26.2 Å². The number of amides is 1. The first-order chi connectivity index (χ1) is 15.9. The maximum absolute atomic E-state index is 12.8. The molecule has 2 aliphatic heterocycles. The number of likely N-dealkylation sites (tertiary alicyclic amines) is 1. The number of benzene rings is 1. The molecule has 2 aromatic rings. The van der Waals surface area contributed by atoms with Crippen LogP contribution in [0.3, 0.4) is 0 Å². The molecular weight excluding hydrogens is 436 g/mol. The first-order valence-corrected chi connectivity index (χ1v) is 13.3. The van der Waals surface area contributed by atoms with Crippen LogP contribution in [0, 0.1) is 11.8 Å². The van der Waals surface area contributed by atoms with Crippen molar-refractivity contribution in [3.8, 4) is 0 Å². The van der Waals surface area contributed by atoms with Gasteiger partial charge in [0.1, 0.15) is 4.90 Å². The van der Waals surface area contributed by atoms with Crippen LogP contribution in [0.1, 0.15) is 43.7 Å². The molecule has 8 heteroatoms. The zero-order chi connectivity index (χ0) is 23.3. The number of hydrogen-bond acceptors (Lipinski definition) is 5. The number of aromatic nitrogens is 1. The first-order valence-electron chi connectivity index (χ1n) is 11.9. The maximum Gasteiger partial charge on any atom is 0.244 e. The number of sulfonamides is 1. The van der Waals surface area contributed by atoms with Crippen LogP contribution < -0.4 is 5.32 Å². The van der Waals surface area contributed by atoms with Crippen molar-refractivity contribution in [2.24, 2.45) is 11.8 Å². The van der Waals surface area contributed by atoms with Crippen molar-refractivity contribution in [1.29, 1.82) is 0 Å². The molecule has 1 aromatic carbocycles. The van der Waals surface area contributed by atoms with Crippen molar-refractivity contribution in [2.45, 2.75) is 50.6 Å². The van der Waals surface area contributed by atoms with Gasteiger partial charge in [0.25, 0.3) is 0 Å². The lowest BCUT2D eigenvalue weighted by Crippen LogP contribution is -2.43. The molecule has 0 aliphatic carbocycles. The van der Waals surface area contributed by atoms with Gasteiger partial charge in [0.05, 0.1) is 0 Å². The van der Waals surface area contributed by atoms with Crippen molar-refractivity contribution in [1.82, 2.24) is 19.5 Å². The molecule has 3 heterocycles. The fraction of sp³-hybridized carbons (Fsp3) is 0.520. The molecule has 0 radical (unpaired) electrons. The summed E-state index contributed by atoms with van der Waals surface area (Å²) in [5.41, 5.74) is 2.42. The van der Waals surface area contributed by atoms with Crippen molar-refractivity contribution < 1.29 is 13.2 Å². The van der Waals surface area contributed by atoms with E-state index in [0.717, 1.165) is 31.1 Å². The Bertz CT molecular complexity index is 1030. The van der Waals surface area contributed by atoms with Crippen LogP contribution in [0.25, 0.3) is 0 Å². The van der Waals surface area contributed by atoms with Gasteiger partial charge >= 0.3 is 0 Å². The smallest absolute Gasteiger partial charge is 0.244 e. The standard InChI is InChI=1S/C25H34N4O3S/c1-20-8-13-28(14-9-20)19-23-6-3-2-5-22(23)17-27-25(30)21-10-15-29(16-11-21)33(31,32)24-7-4-12-26-18-24/h2-7,12,18,20-21H,8-11,13-17,19H2,1H3,(H,27,30). The van der Waals surface area contributed by atoms with E-state index in [9.17, 15) is 13.2 Å². The number of nitrogens with zero attached hydrogens (tertiary/aromatic N) is 3. The SMILES string of the molecule is CC1CCN(Cc2ccccc2CNC(=O)C2CCN(S(=O)(=O)c3cccnc3)CC2)CC1. The molecule has 1 amide bonds. The van der Waals surface area contributed by atoms with Crippen LogP contribution in [0.15, 0.2) is 53.7 Å². The number of rotatable bonds is 7. The van der Waals surface area contributed by atoms with E-state index in [2.05, 4.69) is 40.3 Å². The Morgan fingerprint density at radius 2 is 1.70 bits per heavy atom. The van der Waals surface area contributed by atoms with Crippen LogP contribution in [0.2, 0.25) is 0 Å². The van der Waals surface area contributed by atoms with Crippen LogP contribution in [-0.4, -0.2) is 54.7 Å². The number of nitrogens with one attached hydrogen (secondary N) is 1. The van der Waals surface area contributed by atoms with E-state index in [0.29, 0.717) is 32.5 Å². The highest BCUT2D eigenvalue weighted by Crippen LogP contribution is 2.24. The normalized spacial score (nSPS) is 19.4. The van der Waals surface area contributed by atoms with E-state index in [1.165, 1.54) is 28.9 Å². The Morgan fingerprint density at radius 3 is 2.36 bits per heavy atom. The summed E-state index contributed by atoms with van der Waals surface area (Å²) in [7, 11) is -3.56. The summed E-state index contributed by atoms with van der Waals surface area (Å²) in [5.74, 6) is 0.651. The largest absolute Gasteiger partial charge is 0.352 e. The van der Waals surface area contributed by atoms with Gasteiger partial charge in [0.15, 0.2) is 0 Å². The van der Waals surface area contributed by atoms with Crippen molar-refractivity contribution in [3.63, 3.8) is 0 Å². The first kappa shape index (κ1) is 23.9. The average molecular weight is 471 g/mol. The molecule has 1 aromatic heterocycles. The van der Waals surface area contributed by atoms with Crippen molar-refractivity contribution >= 4 is 15.9 Å². The molecule has 0 unspecified atom stereocenters. The van der Waals surface area contributed by atoms with Gasteiger partial charge in [-0.2, -0.15) is 4.31 Å². The van der Waals surface area contributed by atoms with E-state index >= 15 is 0 Å². The van der Waals surface area contributed by atoms with Gasteiger partial charge in [0, 0.05) is 44.5 Å². The van der Waals surface area contributed by atoms with E-state index in [4.69, 9.17) is 0 Å². The molecule has 2 fully saturated rings. The lowest BCUT2D eigenvalue weighted by molar-refractivity contribution is -0.126. The Labute approximate surface area is 197 Å². The Morgan fingerprint density at radius 1 is 1.00 bits per heavy atom. The minimum absolute atomic E-state index is 0.00928. The third-order valence-corrected chi connectivity index (χ3v) is 8.82. The number of pyridine rings is 1. The number of carbonyl (C=O) groups excluding carboxylic acids is 1. The zero-order valence-corrected chi connectivity index (χ0v) is 20.1. The highest BCUT2D eigenvalue weighted by Gasteiger charge is 2.32. The number of hydrogen-bond donors (Lipinski definition) is 1. The summed E-state index contributed by atoms with van der Waals surface area (Å²) in [4.78, 5) is 19.5. The van der Waals surface area contributed by atoms with E-state index in [-0.39, 0.29) is 16.7 Å². The lowest BCUT2D eigenvalue weighted by Gasteiger charge is -2.31. The number of piperidine rings is 2. The molecule has 178 valence electrons. The second kappa shape index (κ2) is 10.8. The second-order valence-corrected chi connectivity index (χ2v) is 11.3. The molecule has 1 N–H and O–H groups in total. The van der Waals surface area contributed by atoms with Gasteiger partial charge in [-0.25, -0.2) is 8.42 Å². The summed E-state index contributed by atoms with van der Waals surface area (Å²) >= 11 is 0. The predicted molar refractivity (Wildman–Crippen MR) is 128 cm³/mol. The highest BCUT2D eigenvalue weighted by atomic mass is 32.2. The monoisotopic (exact) mass is 470 g/mol. The predicted octanol–water partition coefficient (Wildman–Crippen LogP) is 3.03. The molecule has 7 nitrogen and oxygen atoms in total. The minimum atomic E-state index is -3.56. The maximum atomic E-state index is 12.8. The Hall–Kier alpha value is -2.29. The summed E-state index contributed by atoms with van der Waals surface area (Å²) in [6.07, 6.45) is 6.47. The van der Waals surface area contributed by atoms with Crippen LogP contribution in [0.5, 0.6) is 0 Å². The number of carbonyl (C=O) groups is 1. The molecule has 0 atom stereocenters. The molecule has 2 aliphatic rings. The molecule has 0 saturated carbocycles. The summed E-state index contributed by atoms with van der Waals surface area (Å²) in [6, 6.07) is 11.5. The van der Waals surface area contributed by atoms with Crippen molar-refractivity contribution in [3.05, 3.63) is 59.9 Å². The van der Waals surface area contributed by atoms with Crippen LogP contribution in [-0.2, 0) is 27.9 Å². The quantitative estimate of drug-likeness (QED) is 0.673. The van der Waals surface area contributed by atoms with E-state index < -0.39 is 10.0 Å². The van der Waals surface area contributed by atoms with E-state index in [1.807, 2.05) is 6.07 Å².